The molecular formula is C26H42N2O15. The van der Waals surface area contributed by atoms with Gasteiger partial charge in [0.05, 0.1) is 52.6 Å². The molecule has 0 unspecified atom stereocenters. The van der Waals surface area contributed by atoms with Gasteiger partial charge in [-0.15, -0.1) is 0 Å². The second-order valence-corrected chi connectivity index (χ2v) is 9.29. The molecule has 1 fully saturated rings. The van der Waals surface area contributed by atoms with Crippen LogP contribution in [-0.4, -0.2) is 125 Å². The van der Waals surface area contributed by atoms with Gasteiger partial charge in [-0.05, 0) is 0 Å². The van der Waals surface area contributed by atoms with Crippen LogP contribution in [0.5, 0.6) is 0 Å². The quantitative estimate of drug-likeness (QED) is 0.101. The largest absolute Gasteiger partial charge is 0.465 e. The first-order valence-electron chi connectivity index (χ1n) is 13.4. The lowest BCUT2D eigenvalue weighted by molar-refractivity contribution is -0.315. The topological polar surface area (TPSA) is 224 Å². The van der Waals surface area contributed by atoms with E-state index in [9.17, 15) is 28.8 Å². The van der Waals surface area contributed by atoms with Gasteiger partial charge in [0.15, 0.2) is 12.2 Å². The van der Waals surface area contributed by atoms with Crippen LogP contribution in [-0.2, 0) is 71.4 Å². The third-order valence-corrected chi connectivity index (χ3v) is 5.69. The predicted octanol–water partition coefficient (Wildman–Crippen LogP) is -1.48. The molecule has 17 nitrogen and oxygen atoms in total. The molecule has 0 bridgehead atoms. The summed E-state index contributed by atoms with van der Waals surface area (Å²) >= 11 is 0. The molecule has 1 rings (SSSR count). The Morgan fingerprint density at radius 3 is 1.98 bits per heavy atom. The van der Waals surface area contributed by atoms with Crippen LogP contribution in [0.25, 0.3) is 0 Å². The summed E-state index contributed by atoms with van der Waals surface area (Å²) in [6.45, 7) is 5.72. The number of carbonyl (C=O) groups excluding carboxylic acids is 6. The summed E-state index contributed by atoms with van der Waals surface area (Å²) in [5.74, 6) is -7.25. The first kappa shape index (κ1) is 37.6. The molecule has 1 heterocycles. The van der Waals surface area contributed by atoms with Crippen molar-refractivity contribution in [3.05, 3.63) is 0 Å². The minimum Gasteiger partial charge on any atom is -0.465 e. The lowest BCUT2D eigenvalue weighted by Gasteiger charge is -2.48. The van der Waals surface area contributed by atoms with Crippen LogP contribution >= 0.6 is 0 Å². The van der Waals surface area contributed by atoms with Crippen molar-refractivity contribution in [3.63, 3.8) is 0 Å². The van der Waals surface area contributed by atoms with Gasteiger partial charge in [0.25, 0.3) is 5.79 Å². The summed E-state index contributed by atoms with van der Waals surface area (Å²) < 4.78 is 48.9. The Morgan fingerprint density at radius 1 is 0.860 bits per heavy atom. The fourth-order valence-electron chi connectivity index (χ4n) is 4.22. The smallest absolute Gasteiger partial charge is 0.366 e. The van der Waals surface area contributed by atoms with Gasteiger partial charge >= 0.3 is 29.8 Å². The Morgan fingerprint density at radius 2 is 1.47 bits per heavy atom. The highest BCUT2D eigenvalue weighted by molar-refractivity contribution is 5.79. The molecule has 0 saturated carbocycles. The normalized spacial score (nSPS) is 22.8. The Labute approximate surface area is 249 Å². The fraction of sp³-hybridized carbons (Fsp3) is 0.769. The number of carbonyl (C=O) groups is 6. The lowest BCUT2D eigenvalue weighted by Crippen LogP contribution is -2.69. The highest BCUT2D eigenvalue weighted by Crippen LogP contribution is 2.37. The van der Waals surface area contributed by atoms with Crippen LogP contribution in [0.1, 0.15) is 41.0 Å². The van der Waals surface area contributed by atoms with E-state index in [4.69, 9.17) is 48.4 Å². The predicted molar refractivity (Wildman–Crippen MR) is 142 cm³/mol. The van der Waals surface area contributed by atoms with E-state index in [-0.39, 0.29) is 26.4 Å². The van der Waals surface area contributed by atoms with Gasteiger partial charge in [-0.25, -0.2) is 4.79 Å². The molecule has 1 saturated heterocycles. The van der Waals surface area contributed by atoms with E-state index in [2.05, 4.69) is 5.32 Å². The number of rotatable bonds is 18. The Bertz CT molecular complexity index is 961. The highest BCUT2D eigenvalue weighted by atomic mass is 16.7. The number of hydrogen-bond donors (Lipinski definition) is 2. The third-order valence-electron chi connectivity index (χ3n) is 5.69. The van der Waals surface area contributed by atoms with Crippen molar-refractivity contribution in [1.82, 2.24) is 5.32 Å². The summed E-state index contributed by atoms with van der Waals surface area (Å²) in [6, 6.07) is -1.29. The maximum absolute atomic E-state index is 13.2. The van der Waals surface area contributed by atoms with Gasteiger partial charge in [0, 0.05) is 41.2 Å². The number of esters is 5. The fourth-order valence-corrected chi connectivity index (χ4v) is 4.22. The molecule has 0 aromatic carbocycles. The minimum absolute atomic E-state index is 0.0397. The van der Waals surface area contributed by atoms with Crippen LogP contribution in [0, 0.1) is 0 Å². The molecule has 1 amide bonds. The van der Waals surface area contributed by atoms with Crippen LogP contribution in [0.3, 0.4) is 0 Å². The van der Waals surface area contributed by atoms with Crippen molar-refractivity contribution in [2.75, 3.05) is 53.3 Å². The number of nitrogens with two attached hydrogens (primary N) is 1. The van der Waals surface area contributed by atoms with Crippen LogP contribution in [0.2, 0.25) is 0 Å². The van der Waals surface area contributed by atoms with Crippen molar-refractivity contribution < 1.29 is 71.4 Å². The van der Waals surface area contributed by atoms with Crippen molar-refractivity contribution in [3.8, 4) is 0 Å². The zero-order chi connectivity index (χ0) is 32.6. The molecule has 1 aliphatic rings. The summed E-state index contributed by atoms with van der Waals surface area (Å²) in [4.78, 5) is 73.4. The van der Waals surface area contributed by atoms with Crippen LogP contribution in [0.15, 0.2) is 0 Å². The Balaban J connectivity index is 3.58. The maximum atomic E-state index is 13.2. The molecule has 6 atom stereocenters. The lowest BCUT2D eigenvalue weighted by atomic mass is 9.88. The van der Waals surface area contributed by atoms with Crippen molar-refractivity contribution >= 4 is 35.8 Å². The molecule has 43 heavy (non-hydrogen) atoms. The first-order chi connectivity index (χ1) is 20.3. The molecule has 0 aromatic heterocycles. The SMILES string of the molecule is COC(=O)[C@]1(OCCOCCOCCN)C[C@H](OC(C)=O)[C@@H](NC(C)=O)[C@H]([C@H](OC(C)=O)[C@@H](COC(C)=O)OC(C)=O)O1. The number of amides is 1. The maximum Gasteiger partial charge on any atom is 0.366 e. The average Bonchev–Trinajstić information content (AvgIpc) is 2.91. The van der Waals surface area contributed by atoms with E-state index in [1.54, 1.807) is 0 Å². The summed E-state index contributed by atoms with van der Waals surface area (Å²) in [6.07, 6.45) is -6.55. The van der Waals surface area contributed by atoms with E-state index < -0.39 is 85.0 Å². The molecule has 1 aliphatic heterocycles. The van der Waals surface area contributed by atoms with E-state index in [1.165, 1.54) is 6.92 Å². The van der Waals surface area contributed by atoms with E-state index in [1.807, 2.05) is 0 Å². The average molecular weight is 623 g/mol. The monoisotopic (exact) mass is 622 g/mol. The second kappa shape index (κ2) is 19.0. The van der Waals surface area contributed by atoms with Gasteiger partial charge in [-0.1, -0.05) is 0 Å². The highest BCUT2D eigenvalue weighted by Gasteiger charge is 2.59. The van der Waals surface area contributed by atoms with Crippen LogP contribution < -0.4 is 11.1 Å². The van der Waals surface area contributed by atoms with Crippen molar-refractivity contribution in [2.45, 2.75) is 77.3 Å². The molecule has 0 radical (unpaired) electrons. The van der Waals surface area contributed by atoms with E-state index >= 15 is 0 Å². The molecule has 246 valence electrons. The zero-order valence-electron chi connectivity index (χ0n) is 25.2. The van der Waals surface area contributed by atoms with Crippen molar-refractivity contribution in [2.24, 2.45) is 5.73 Å². The van der Waals surface area contributed by atoms with Gasteiger partial charge in [0.1, 0.15) is 18.8 Å². The van der Waals surface area contributed by atoms with E-state index in [0.717, 1.165) is 34.8 Å². The first-order valence-corrected chi connectivity index (χ1v) is 13.4. The number of ether oxygens (including phenoxy) is 9. The minimum atomic E-state index is -2.30. The van der Waals surface area contributed by atoms with Crippen molar-refractivity contribution in [1.29, 1.82) is 0 Å². The third kappa shape index (κ3) is 13.2. The van der Waals surface area contributed by atoms with Crippen LogP contribution in [0.4, 0.5) is 0 Å². The molecule has 0 aromatic rings. The summed E-state index contributed by atoms with van der Waals surface area (Å²) in [5.41, 5.74) is 5.37. The Hall–Kier alpha value is -3.38. The zero-order valence-corrected chi connectivity index (χ0v) is 25.2. The van der Waals surface area contributed by atoms with Gasteiger partial charge in [-0.3, -0.25) is 24.0 Å². The molecular weight excluding hydrogens is 580 g/mol. The van der Waals surface area contributed by atoms with Gasteiger partial charge in [0.2, 0.25) is 5.91 Å². The second-order valence-electron chi connectivity index (χ2n) is 9.29. The number of nitrogens with one attached hydrogen (secondary N) is 1. The molecule has 0 spiro atoms. The summed E-state index contributed by atoms with van der Waals surface area (Å²) in [7, 11) is 1.06. The van der Waals surface area contributed by atoms with Gasteiger partial charge in [-0.2, -0.15) is 0 Å². The van der Waals surface area contributed by atoms with E-state index in [0.29, 0.717) is 13.2 Å². The molecule has 17 heteroatoms. The number of hydrogen-bond acceptors (Lipinski definition) is 16. The Kier molecular flexibility index (Phi) is 16.6. The summed E-state index contributed by atoms with van der Waals surface area (Å²) in [5, 5.41) is 2.57. The molecule has 0 aliphatic carbocycles. The number of methoxy groups -OCH3 is 1. The molecule has 3 N–H and O–H groups in total. The van der Waals surface area contributed by atoms with Gasteiger partial charge < -0.3 is 53.7 Å². The standard InChI is InChI=1S/C26H42N2O15/c1-15(29)28-22-20(40-17(3)31)13-26(25(34)35-6,39-12-11-37-10-9-36-8-7-27)43-24(22)23(42-19(5)33)21(41-18(4)32)14-38-16(2)30/h20-24H,7-14,27H2,1-6H3,(H,28,29)/t20-,21+,22+,23+,24+,26-/m0/s1.